The lowest BCUT2D eigenvalue weighted by molar-refractivity contribution is 0.373. The fourth-order valence-electron chi connectivity index (χ4n) is 2.48. The van der Waals surface area contributed by atoms with Crippen LogP contribution in [0.5, 0.6) is 11.5 Å². The summed E-state index contributed by atoms with van der Waals surface area (Å²) in [5.74, 6) is 0.667. The van der Waals surface area contributed by atoms with E-state index in [1.165, 1.54) is 22.4 Å². The van der Waals surface area contributed by atoms with E-state index < -0.39 is 0 Å². The lowest BCUT2D eigenvalue weighted by Crippen LogP contribution is -2.03. The summed E-state index contributed by atoms with van der Waals surface area (Å²) in [6, 6.07) is 9.75. The summed E-state index contributed by atoms with van der Waals surface area (Å²) in [6.07, 6.45) is 0. The minimum Gasteiger partial charge on any atom is -0.504 e. The zero-order chi connectivity index (χ0) is 14.7. The molecule has 0 bridgehead atoms. The standard InChI is InChI=1S/C17H21NO2/c1-11-7-12(2)17(13(3)8-11)18-10-14-5-6-15(19)16(9-14)20-4/h5-9,18-19H,10H2,1-4H3. The Morgan fingerprint density at radius 1 is 1.05 bits per heavy atom. The molecule has 0 atom stereocenters. The van der Waals surface area contributed by atoms with Gasteiger partial charge < -0.3 is 15.2 Å². The lowest BCUT2D eigenvalue weighted by Gasteiger charge is -2.14. The van der Waals surface area contributed by atoms with Gasteiger partial charge in [0.25, 0.3) is 0 Å². The third kappa shape index (κ3) is 3.05. The number of anilines is 1. The number of ether oxygens (including phenoxy) is 1. The molecule has 0 unspecified atom stereocenters. The molecule has 0 saturated heterocycles. The number of phenolic OH excluding ortho intramolecular Hbond substituents is 1. The van der Waals surface area contributed by atoms with Gasteiger partial charge in [0.05, 0.1) is 7.11 Å². The number of phenols is 1. The average molecular weight is 271 g/mol. The van der Waals surface area contributed by atoms with Gasteiger partial charge in [0.15, 0.2) is 11.5 Å². The van der Waals surface area contributed by atoms with Gasteiger partial charge in [0.2, 0.25) is 0 Å². The van der Waals surface area contributed by atoms with E-state index in [4.69, 9.17) is 4.74 Å². The molecule has 3 heteroatoms. The number of hydrogen-bond acceptors (Lipinski definition) is 3. The molecule has 3 nitrogen and oxygen atoms in total. The summed E-state index contributed by atoms with van der Waals surface area (Å²) in [7, 11) is 1.56. The van der Waals surface area contributed by atoms with Crippen LogP contribution in [0.15, 0.2) is 30.3 Å². The highest BCUT2D eigenvalue weighted by Gasteiger charge is 2.06. The molecule has 0 aromatic heterocycles. The molecule has 2 N–H and O–H groups in total. The third-order valence-electron chi connectivity index (χ3n) is 3.39. The molecule has 2 aromatic carbocycles. The zero-order valence-electron chi connectivity index (χ0n) is 12.4. The lowest BCUT2D eigenvalue weighted by atomic mass is 10.0. The van der Waals surface area contributed by atoms with Gasteiger partial charge in [-0.1, -0.05) is 23.8 Å². The first-order valence-electron chi connectivity index (χ1n) is 6.69. The van der Waals surface area contributed by atoms with Crippen LogP contribution in [-0.2, 0) is 6.54 Å². The second-order valence-corrected chi connectivity index (χ2v) is 5.13. The molecule has 0 radical (unpaired) electrons. The maximum Gasteiger partial charge on any atom is 0.160 e. The number of methoxy groups -OCH3 is 1. The van der Waals surface area contributed by atoms with E-state index in [0.29, 0.717) is 12.3 Å². The summed E-state index contributed by atoms with van der Waals surface area (Å²) >= 11 is 0. The van der Waals surface area contributed by atoms with Gasteiger partial charge in [0.1, 0.15) is 0 Å². The van der Waals surface area contributed by atoms with Crippen molar-refractivity contribution in [2.45, 2.75) is 27.3 Å². The van der Waals surface area contributed by atoms with Crippen LogP contribution < -0.4 is 10.1 Å². The van der Waals surface area contributed by atoms with E-state index in [0.717, 1.165) is 5.56 Å². The van der Waals surface area contributed by atoms with Crippen LogP contribution in [0.1, 0.15) is 22.3 Å². The van der Waals surface area contributed by atoms with Gasteiger partial charge in [0, 0.05) is 12.2 Å². The van der Waals surface area contributed by atoms with E-state index in [1.807, 2.05) is 12.1 Å². The van der Waals surface area contributed by atoms with Crippen molar-refractivity contribution in [1.82, 2.24) is 0 Å². The molecular formula is C17H21NO2. The minimum absolute atomic E-state index is 0.166. The molecule has 106 valence electrons. The SMILES string of the molecule is COc1cc(CNc2c(C)cc(C)cc2C)ccc1O. The highest BCUT2D eigenvalue weighted by Crippen LogP contribution is 2.27. The fraction of sp³-hybridized carbons (Fsp3) is 0.294. The number of rotatable bonds is 4. The monoisotopic (exact) mass is 271 g/mol. The molecule has 2 rings (SSSR count). The first kappa shape index (κ1) is 14.3. The Hall–Kier alpha value is -2.16. The van der Waals surface area contributed by atoms with Gasteiger partial charge in [-0.3, -0.25) is 0 Å². The summed E-state index contributed by atoms with van der Waals surface area (Å²) in [5, 5.41) is 13.1. The Morgan fingerprint density at radius 3 is 2.30 bits per heavy atom. The fourth-order valence-corrected chi connectivity index (χ4v) is 2.48. The summed E-state index contributed by atoms with van der Waals surface area (Å²) in [6.45, 7) is 7.02. The smallest absolute Gasteiger partial charge is 0.160 e. The van der Waals surface area contributed by atoms with E-state index in [1.54, 1.807) is 13.2 Å². The van der Waals surface area contributed by atoms with Gasteiger partial charge in [-0.05, 0) is 49.6 Å². The second kappa shape index (κ2) is 5.87. The molecule has 0 saturated carbocycles. The predicted molar refractivity (Wildman–Crippen MR) is 82.6 cm³/mol. The number of nitrogens with one attached hydrogen (secondary N) is 1. The van der Waals surface area contributed by atoms with Crippen molar-refractivity contribution in [2.24, 2.45) is 0 Å². The predicted octanol–water partition coefficient (Wildman–Crippen LogP) is 3.94. The van der Waals surface area contributed by atoms with Gasteiger partial charge >= 0.3 is 0 Å². The topological polar surface area (TPSA) is 41.5 Å². The summed E-state index contributed by atoms with van der Waals surface area (Å²) in [4.78, 5) is 0. The van der Waals surface area contributed by atoms with Gasteiger partial charge in [-0.15, -0.1) is 0 Å². The molecule has 2 aromatic rings. The minimum atomic E-state index is 0.166. The summed E-state index contributed by atoms with van der Waals surface area (Å²) in [5.41, 5.74) is 6.00. The Bertz CT molecular complexity index is 597. The number of aryl methyl sites for hydroxylation is 3. The van der Waals surface area contributed by atoms with Gasteiger partial charge in [-0.25, -0.2) is 0 Å². The van der Waals surface area contributed by atoms with Crippen LogP contribution in [0.3, 0.4) is 0 Å². The van der Waals surface area contributed by atoms with Crippen LogP contribution in [0, 0.1) is 20.8 Å². The molecule has 0 heterocycles. The first-order chi connectivity index (χ1) is 9.51. The van der Waals surface area contributed by atoms with Crippen LogP contribution in [0.25, 0.3) is 0 Å². The maximum atomic E-state index is 9.59. The normalized spacial score (nSPS) is 10.4. The second-order valence-electron chi connectivity index (χ2n) is 5.13. The van der Waals surface area contributed by atoms with Crippen molar-refractivity contribution in [3.05, 3.63) is 52.6 Å². The van der Waals surface area contributed by atoms with Crippen molar-refractivity contribution >= 4 is 5.69 Å². The number of hydrogen-bond donors (Lipinski definition) is 2. The van der Waals surface area contributed by atoms with E-state index in [2.05, 4.69) is 38.2 Å². The highest BCUT2D eigenvalue weighted by molar-refractivity contribution is 5.58. The van der Waals surface area contributed by atoms with Crippen LogP contribution in [0.2, 0.25) is 0 Å². The van der Waals surface area contributed by atoms with Crippen molar-refractivity contribution in [3.8, 4) is 11.5 Å². The van der Waals surface area contributed by atoms with E-state index >= 15 is 0 Å². The average Bonchev–Trinajstić information content (AvgIpc) is 2.39. The maximum absolute atomic E-state index is 9.59. The Balaban J connectivity index is 2.17. The molecule has 0 fully saturated rings. The first-order valence-corrected chi connectivity index (χ1v) is 6.69. The number of aromatic hydroxyl groups is 1. The van der Waals surface area contributed by atoms with Crippen molar-refractivity contribution in [3.63, 3.8) is 0 Å². The van der Waals surface area contributed by atoms with E-state index in [9.17, 15) is 5.11 Å². The zero-order valence-corrected chi connectivity index (χ0v) is 12.4. The molecule has 0 aliphatic rings. The number of benzene rings is 2. The molecule has 20 heavy (non-hydrogen) atoms. The van der Waals surface area contributed by atoms with Crippen molar-refractivity contribution in [1.29, 1.82) is 0 Å². The summed E-state index contributed by atoms with van der Waals surface area (Å²) < 4.78 is 5.12. The molecule has 0 spiro atoms. The van der Waals surface area contributed by atoms with Gasteiger partial charge in [-0.2, -0.15) is 0 Å². The van der Waals surface area contributed by atoms with Crippen molar-refractivity contribution < 1.29 is 9.84 Å². The highest BCUT2D eigenvalue weighted by atomic mass is 16.5. The molecule has 0 aliphatic heterocycles. The van der Waals surface area contributed by atoms with Crippen LogP contribution >= 0.6 is 0 Å². The largest absolute Gasteiger partial charge is 0.504 e. The molecule has 0 aliphatic carbocycles. The van der Waals surface area contributed by atoms with Crippen molar-refractivity contribution in [2.75, 3.05) is 12.4 Å². The Labute approximate surface area is 120 Å². The quantitative estimate of drug-likeness (QED) is 0.885. The van der Waals surface area contributed by atoms with Crippen LogP contribution in [-0.4, -0.2) is 12.2 Å². The molecular weight excluding hydrogens is 250 g/mol. The van der Waals surface area contributed by atoms with Crippen LogP contribution in [0.4, 0.5) is 5.69 Å². The van der Waals surface area contributed by atoms with E-state index in [-0.39, 0.29) is 5.75 Å². The Morgan fingerprint density at radius 2 is 1.70 bits per heavy atom. The third-order valence-corrected chi connectivity index (χ3v) is 3.39. The molecule has 0 amide bonds. The Kier molecular flexibility index (Phi) is 4.18.